The van der Waals surface area contributed by atoms with Gasteiger partial charge in [-0.2, -0.15) is 0 Å². The summed E-state index contributed by atoms with van der Waals surface area (Å²) in [5, 5.41) is 5.64. The van der Waals surface area contributed by atoms with Crippen molar-refractivity contribution >= 4 is 37.8 Å². The predicted molar refractivity (Wildman–Crippen MR) is 78.8 cm³/mol. The van der Waals surface area contributed by atoms with Crippen LogP contribution in [0.4, 0.5) is 0 Å². The Hall–Kier alpha value is -0.590. The molecule has 1 rings (SSSR count). The Morgan fingerprint density at radius 2 is 1.89 bits per heavy atom. The fraction of sp³-hybridized carbons (Fsp3) is 0.417. The molecule has 0 saturated carbocycles. The average molecular weight is 380 g/mol. The molecule has 1 aromatic carbocycles. The molecule has 0 radical (unpaired) electrons. The number of nitrogens with one attached hydrogen (secondary N) is 2. The molecule has 0 aliphatic rings. The van der Waals surface area contributed by atoms with E-state index in [1.807, 2.05) is 19.2 Å². The van der Waals surface area contributed by atoms with Crippen molar-refractivity contribution in [1.29, 1.82) is 0 Å². The van der Waals surface area contributed by atoms with E-state index in [1.54, 1.807) is 7.05 Å². The van der Waals surface area contributed by atoms with E-state index in [0.717, 1.165) is 26.8 Å². The van der Waals surface area contributed by atoms with Crippen LogP contribution in [0.5, 0.6) is 5.75 Å². The summed E-state index contributed by atoms with van der Waals surface area (Å²) < 4.78 is 7.35. The Morgan fingerprint density at radius 1 is 1.28 bits per heavy atom. The minimum Gasteiger partial charge on any atom is -0.491 e. The maximum atomic E-state index is 11.1. The van der Waals surface area contributed by atoms with Gasteiger partial charge in [0.25, 0.3) is 0 Å². The molecule has 6 heteroatoms. The van der Waals surface area contributed by atoms with Crippen molar-refractivity contribution in [2.24, 2.45) is 0 Å². The normalized spacial score (nSPS) is 10.2. The summed E-state index contributed by atoms with van der Waals surface area (Å²) in [5.41, 5.74) is 1.15. The summed E-state index contributed by atoms with van der Waals surface area (Å²) in [7, 11) is 3.51. The molecule has 0 heterocycles. The Balaban J connectivity index is 2.68. The Morgan fingerprint density at radius 3 is 2.39 bits per heavy atom. The van der Waals surface area contributed by atoms with Gasteiger partial charge in [0.05, 0.1) is 22.0 Å². The number of amides is 1. The highest BCUT2D eigenvalue weighted by Crippen LogP contribution is 2.34. The number of hydrogen-bond acceptors (Lipinski definition) is 3. The van der Waals surface area contributed by atoms with Gasteiger partial charge in [0.15, 0.2) is 0 Å². The lowest BCUT2D eigenvalue weighted by atomic mass is 10.2. The van der Waals surface area contributed by atoms with Crippen molar-refractivity contribution in [2.45, 2.75) is 13.0 Å². The first-order chi connectivity index (χ1) is 8.58. The van der Waals surface area contributed by atoms with Crippen molar-refractivity contribution in [3.8, 4) is 5.75 Å². The number of rotatable bonds is 6. The molecule has 0 unspecified atom stereocenters. The van der Waals surface area contributed by atoms with E-state index in [4.69, 9.17) is 4.74 Å². The summed E-state index contributed by atoms with van der Waals surface area (Å²) in [6.07, 6.45) is 0.341. The third kappa shape index (κ3) is 4.59. The van der Waals surface area contributed by atoms with Crippen molar-refractivity contribution in [3.05, 3.63) is 26.6 Å². The summed E-state index contributed by atoms with van der Waals surface area (Å²) in [5.74, 6) is 0.688. The van der Waals surface area contributed by atoms with Crippen LogP contribution in [0.1, 0.15) is 12.0 Å². The Kier molecular flexibility index (Phi) is 6.67. The number of carbonyl (C=O) groups is 1. The van der Waals surface area contributed by atoms with E-state index < -0.39 is 0 Å². The maximum Gasteiger partial charge on any atom is 0.223 e. The quantitative estimate of drug-likeness (QED) is 0.798. The number of carbonyl (C=O) groups excluding carboxylic acids is 1. The average Bonchev–Trinajstić information content (AvgIpc) is 2.32. The first-order valence-electron chi connectivity index (χ1n) is 5.54. The third-order valence-corrected chi connectivity index (χ3v) is 3.47. The summed E-state index contributed by atoms with van der Waals surface area (Å²) in [6.45, 7) is 1.14. The lowest BCUT2D eigenvalue weighted by molar-refractivity contribution is -0.121. The minimum absolute atomic E-state index is 0.0333. The van der Waals surface area contributed by atoms with Crippen molar-refractivity contribution in [3.63, 3.8) is 0 Å². The van der Waals surface area contributed by atoms with Gasteiger partial charge in [-0.15, -0.1) is 0 Å². The van der Waals surface area contributed by atoms with Crippen LogP contribution in [-0.4, -0.2) is 26.6 Å². The molecule has 0 atom stereocenters. The van der Waals surface area contributed by atoms with Crippen molar-refractivity contribution < 1.29 is 9.53 Å². The van der Waals surface area contributed by atoms with Crippen molar-refractivity contribution in [1.82, 2.24) is 10.6 Å². The number of hydrogen-bond donors (Lipinski definition) is 2. The van der Waals surface area contributed by atoms with Crippen LogP contribution < -0.4 is 15.4 Å². The second kappa shape index (κ2) is 7.76. The zero-order valence-electron chi connectivity index (χ0n) is 10.3. The standard InChI is InChI=1S/C12H16Br2N2O2/c1-15-7-8-5-9(13)12(10(14)6-8)18-4-3-11(17)16-2/h5-6,15H,3-4,7H2,1-2H3,(H,16,17). The molecule has 1 aromatic rings. The van der Waals surface area contributed by atoms with E-state index >= 15 is 0 Å². The van der Waals surface area contributed by atoms with Gasteiger partial charge in [0, 0.05) is 13.6 Å². The van der Waals surface area contributed by atoms with Gasteiger partial charge in [0.2, 0.25) is 5.91 Å². The zero-order valence-corrected chi connectivity index (χ0v) is 13.5. The number of benzene rings is 1. The molecule has 0 aliphatic carbocycles. The molecule has 0 saturated heterocycles. The van der Waals surface area contributed by atoms with Crippen LogP contribution in [0, 0.1) is 0 Å². The highest BCUT2D eigenvalue weighted by Gasteiger charge is 2.09. The topological polar surface area (TPSA) is 50.4 Å². The molecule has 2 N–H and O–H groups in total. The fourth-order valence-electron chi connectivity index (χ4n) is 1.43. The van der Waals surface area contributed by atoms with E-state index in [9.17, 15) is 4.79 Å². The smallest absolute Gasteiger partial charge is 0.223 e. The molecule has 0 fully saturated rings. The zero-order chi connectivity index (χ0) is 13.5. The van der Waals surface area contributed by atoms with Crippen LogP contribution in [-0.2, 0) is 11.3 Å². The van der Waals surface area contributed by atoms with Gasteiger partial charge in [-0.05, 0) is 56.6 Å². The number of ether oxygens (including phenoxy) is 1. The van der Waals surface area contributed by atoms with E-state index in [1.165, 1.54) is 0 Å². The monoisotopic (exact) mass is 378 g/mol. The van der Waals surface area contributed by atoms with Crippen LogP contribution >= 0.6 is 31.9 Å². The summed E-state index contributed by atoms with van der Waals surface area (Å²) >= 11 is 6.94. The van der Waals surface area contributed by atoms with Gasteiger partial charge < -0.3 is 15.4 Å². The van der Waals surface area contributed by atoms with E-state index in [0.29, 0.717) is 13.0 Å². The van der Waals surface area contributed by atoms with Crippen molar-refractivity contribution in [2.75, 3.05) is 20.7 Å². The molecule has 4 nitrogen and oxygen atoms in total. The lowest BCUT2D eigenvalue weighted by Crippen LogP contribution is -2.20. The molecule has 0 bridgehead atoms. The fourth-order valence-corrected chi connectivity index (χ4v) is 2.94. The van der Waals surface area contributed by atoms with Gasteiger partial charge in [-0.1, -0.05) is 0 Å². The van der Waals surface area contributed by atoms with Gasteiger partial charge in [-0.3, -0.25) is 4.79 Å². The lowest BCUT2D eigenvalue weighted by Gasteiger charge is -2.12. The van der Waals surface area contributed by atoms with Crippen LogP contribution in [0.25, 0.3) is 0 Å². The molecule has 0 aliphatic heterocycles. The molecule has 18 heavy (non-hydrogen) atoms. The molecule has 0 spiro atoms. The molecular formula is C12H16Br2N2O2. The Bertz CT molecular complexity index is 402. The highest BCUT2D eigenvalue weighted by atomic mass is 79.9. The van der Waals surface area contributed by atoms with Gasteiger partial charge in [0.1, 0.15) is 5.75 Å². The molecule has 0 aromatic heterocycles. The van der Waals surface area contributed by atoms with Crippen LogP contribution in [0.15, 0.2) is 21.1 Å². The summed E-state index contributed by atoms with van der Waals surface area (Å²) in [4.78, 5) is 11.1. The van der Waals surface area contributed by atoms with Crippen LogP contribution in [0.2, 0.25) is 0 Å². The van der Waals surface area contributed by atoms with E-state index in [-0.39, 0.29) is 5.91 Å². The van der Waals surface area contributed by atoms with E-state index in [2.05, 4.69) is 42.5 Å². The van der Waals surface area contributed by atoms with Gasteiger partial charge >= 0.3 is 0 Å². The first kappa shape index (κ1) is 15.5. The van der Waals surface area contributed by atoms with Gasteiger partial charge in [-0.25, -0.2) is 0 Å². The maximum absolute atomic E-state index is 11.1. The summed E-state index contributed by atoms with van der Waals surface area (Å²) in [6, 6.07) is 3.99. The second-order valence-corrected chi connectivity index (χ2v) is 5.40. The highest BCUT2D eigenvalue weighted by molar-refractivity contribution is 9.11. The first-order valence-corrected chi connectivity index (χ1v) is 7.13. The molecule has 1 amide bonds. The largest absolute Gasteiger partial charge is 0.491 e. The molecular weight excluding hydrogens is 364 g/mol. The molecule has 100 valence electrons. The number of halogens is 2. The SMILES string of the molecule is CNCc1cc(Br)c(OCCC(=O)NC)c(Br)c1. The third-order valence-electron chi connectivity index (χ3n) is 2.29. The minimum atomic E-state index is -0.0333. The second-order valence-electron chi connectivity index (χ2n) is 3.69. The Labute approximate surface area is 124 Å². The van der Waals surface area contributed by atoms with Crippen LogP contribution in [0.3, 0.4) is 0 Å². The predicted octanol–water partition coefficient (Wildman–Crippen LogP) is 2.45.